The molecule has 0 radical (unpaired) electrons. The van der Waals surface area contributed by atoms with Crippen LogP contribution in [0.4, 0.5) is 11.4 Å². The van der Waals surface area contributed by atoms with Crippen LogP contribution in [0.3, 0.4) is 0 Å². The lowest BCUT2D eigenvalue weighted by Crippen LogP contribution is -2.13. The van der Waals surface area contributed by atoms with Gasteiger partial charge >= 0.3 is 0 Å². The molecule has 0 atom stereocenters. The average Bonchev–Trinajstić information content (AvgIpc) is 3.15. The van der Waals surface area contributed by atoms with Crippen molar-refractivity contribution in [2.24, 2.45) is 0 Å². The van der Waals surface area contributed by atoms with E-state index in [9.17, 15) is 14.9 Å². The van der Waals surface area contributed by atoms with Gasteiger partial charge in [-0.25, -0.2) is 4.98 Å². The molecule has 7 heteroatoms. The predicted octanol–water partition coefficient (Wildman–Crippen LogP) is 5.10. The van der Waals surface area contributed by atoms with E-state index in [4.69, 9.17) is 0 Å². The number of nitrogens with zero attached hydrogens (tertiary/aromatic N) is 3. The van der Waals surface area contributed by atoms with Crippen LogP contribution in [0.2, 0.25) is 0 Å². The Morgan fingerprint density at radius 2 is 1.83 bits per heavy atom. The van der Waals surface area contributed by atoms with Crippen LogP contribution in [-0.2, 0) is 0 Å². The molecule has 0 amide bonds. The van der Waals surface area contributed by atoms with Crippen molar-refractivity contribution in [3.63, 3.8) is 0 Å². The van der Waals surface area contributed by atoms with E-state index in [-0.39, 0.29) is 16.8 Å². The summed E-state index contributed by atoms with van der Waals surface area (Å²) in [7, 11) is 0. The van der Waals surface area contributed by atoms with Gasteiger partial charge in [0.05, 0.1) is 10.4 Å². The van der Waals surface area contributed by atoms with Crippen LogP contribution in [0, 0.1) is 10.1 Å². The van der Waals surface area contributed by atoms with Crippen LogP contribution in [-0.4, -0.2) is 20.9 Å². The highest BCUT2D eigenvalue weighted by atomic mass is 16.6. The van der Waals surface area contributed by atoms with Crippen molar-refractivity contribution in [1.82, 2.24) is 9.38 Å². The summed E-state index contributed by atoms with van der Waals surface area (Å²) in [4.78, 5) is 29.0. The molecule has 5 rings (SSSR count). The fraction of sp³-hybridized carbons (Fsp3) is 0.217. The molecule has 0 saturated heterocycles. The molecular formula is C23H20N4O3. The van der Waals surface area contributed by atoms with Gasteiger partial charge in [-0.15, -0.1) is 0 Å². The average molecular weight is 400 g/mol. The van der Waals surface area contributed by atoms with Gasteiger partial charge in [0.2, 0.25) is 0 Å². The van der Waals surface area contributed by atoms with Gasteiger partial charge in [-0.3, -0.25) is 19.3 Å². The van der Waals surface area contributed by atoms with Crippen molar-refractivity contribution in [1.29, 1.82) is 0 Å². The number of rotatable bonds is 6. The van der Waals surface area contributed by atoms with Crippen LogP contribution < -0.4 is 10.9 Å². The van der Waals surface area contributed by atoms with Gasteiger partial charge < -0.3 is 5.32 Å². The zero-order valence-electron chi connectivity index (χ0n) is 16.5. The van der Waals surface area contributed by atoms with Crippen molar-refractivity contribution < 1.29 is 4.92 Å². The molecule has 0 bridgehead atoms. The summed E-state index contributed by atoms with van der Waals surface area (Å²) < 4.78 is 1.49. The third-order valence-electron chi connectivity index (χ3n) is 5.67. The van der Waals surface area contributed by atoms with Gasteiger partial charge in [0.25, 0.3) is 11.2 Å². The van der Waals surface area contributed by atoms with E-state index in [1.807, 2.05) is 24.3 Å². The highest BCUT2D eigenvalue weighted by molar-refractivity contribution is 6.18. The fourth-order valence-electron chi connectivity index (χ4n) is 4.26. The third-order valence-corrected chi connectivity index (χ3v) is 5.67. The van der Waals surface area contributed by atoms with E-state index in [1.54, 1.807) is 18.2 Å². The number of fused-ring (bicyclic) bond motifs is 4. The largest absolute Gasteiger partial charge is 0.385 e. The van der Waals surface area contributed by atoms with Gasteiger partial charge in [0, 0.05) is 39.8 Å². The molecule has 1 N–H and O–H groups in total. The number of hydrogen-bond donors (Lipinski definition) is 1. The number of non-ortho nitro benzene ring substituents is 1. The molecule has 0 aliphatic carbocycles. The van der Waals surface area contributed by atoms with Crippen LogP contribution in [0.15, 0.2) is 53.3 Å². The number of anilines is 1. The number of benzene rings is 3. The van der Waals surface area contributed by atoms with Crippen LogP contribution >= 0.6 is 0 Å². The van der Waals surface area contributed by atoms with Gasteiger partial charge in [0.15, 0.2) is 5.52 Å². The molecule has 7 nitrogen and oxygen atoms in total. The van der Waals surface area contributed by atoms with E-state index in [0.717, 1.165) is 47.7 Å². The van der Waals surface area contributed by atoms with E-state index in [2.05, 4.69) is 17.2 Å². The third kappa shape index (κ3) is 2.58. The SMILES string of the molecule is CCCCCNc1ccc2c3c1cccc3c(=O)n1c3cccc([N+](=O)[O-])c3nc21. The highest BCUT2D eigenvalue weighted by Crippen LogP contribution is 2.35. The van der Waals surface area contributed by atoms with Crippen molar-refractivity contribution in [2.75, 3.05) is 11.9 Å². The molecular weight excluding hydrogens is 380 g/mol. The summed E-state index contributed by atoms with van der Waals surface area (Å²) in [5, 5.41) is 18.2. The van der Waals surface area contributed by atoms with Gasteiger partial charge in [0.1, 0.15) is 5.65 Å². The molecule has 5 aromatic rings. The predicted molar refractivity (Wildman–Crippen MR) is 120 cm³/mol. The Balaban J connectivity index is 1.84. The second-order valence-corrected chi connectivity index (χ2v) is 7.50. The first kappa shape index (κ1) is 18.3. The Bertz CT molecular complexity index is 1490. The first-order valence-electron chi connectivity index (χ1n) is 10.1. The van der Waals surface area contributed by atoms with E-state index >= 15 is 0 Å². The number of nitro benzene ring substituents is 1. The lowest BCUT2D eigenvalue weighted by Gasteiger charge is -2.13. The molecule has 0 aliphatic heterocycles. The highest BCUT2D eigenvalue weighted by Gasteiger charge is 2.21. The van der Waals surface area contributed by atoms with Crippen LogP contribution in [0.1, 0.15) is 26.2 Å². The number of aromatic nitrogens is 2. The number of para-hydroxylation sites is 1. The normalized spacial score (nSPS) is 11.8. The summed E-state index contributed by atoms with van der Waals surface area (Å²) in [6, 6.07) is 14.3. The molecule has 0 fully saturated rings. The second kappa shape index (κ2) is 6.95. The lowest BCUT2D eigenvalue weighted by atomic mass is 10.0. The Morgan fingerprint density at radius 3 is 2.63 bits per heavy atom. The zero-order chi connectivity index (χ0) is 20.8. The summed E-state index contributed by atoms with van der Waals surface area (Å²) in [6.45, 7) is 3.04. The number of unbranched alkanes of at least 4 members (excludes halogenated alkanes) is 2. The fourth-order valence-corrected chi connectivity index (χ4v) is 4.26. The van der Waals surface area contributed by atoms with Crippen molar-refractivity contribution in [3.8, 4) is 0 Å². The molecule has 30 heavy (non-hydrogen) atoms. The topological polar surface area (TPSA) is 89.5 Å². The molecule has 2 aromatic heterocycles. The summed E-state index contributed by atoms with van der Waals surface area (Å²) >= 11 is 0. The smallest absolute Gasteiger partial charge is 0.297 e. The number of nitrogens with one attached hydrogen (secondary N) is 1. The Hall–Kier alpha value is -3.74. The van der Waals surface area contributed by atoms with Crippen LogP contribution in [0.5, 0.6) is 0 Å². The second-order valence-electron chi connectivity index (χ2n) is 7.50. The maximum absolute atomic E-state index is 13.4. The number of pyridine rings is 1. The Kier molecular flexibility index (Phi) is 4.24. The standard InChI is InChI=1S/C23H20N4O3/c1-2-3-4-13-24-17-12-11-15-20-14(17)7-5-8-16(20)23(28)26-18-9-6-10-19(27(29)30)21(18)25-22(15)26/h5-12,24H,2-4,13H2,1H3. The minimum absolute atomic E-state index is 0.100. The number of hydrogen-bond acceptors (Lipinski definition) is 5. The maximum Gasteiger partial charge on any atom is 0.297 e. The van der Waals surface area contributed by atoms with Crippen molar-refractivity contribution >= 4 is 49.6 Å². The monoisotopic (exact) mass is 400 g/mol. The Morgan fingerprint density at radius 1 is 1.03 bits per heavy atom. The molecule has 3 aromatic carbocycles. The minimum atomic E-state index is -0.460. The number of imidazole rings is 1. The number of nitro groups is 1. The molecule has 0 aliphatic rings. The zero-order valence-corrected chi connectivity index (χ0v) is 16.5. The summed E-state index contributed by atoms with van der Waals surface area (Å²) in [5.74, 6) is 0. The molecule has 150 valence electrons. The van der Waals surface area contributed by atoms with Gasteiger partial charge in [-0.1, -0.05) is 38.0 Å². The molecule has 2 heterocycles. The molecule has 0 unspecified atom stereocenters. The first-order chi connectivity index (χ1) is 14.6. The summed E-state index contributed by atoms with van der Waals surface area (Å²) in [5.41, 5.74) is 1.80. The quantitative estimate of drug-likeness (QED) is 0.243. The molecule has 0 spiro atoms. The van der Waals surface area contributed by atoms with Crippen molar-refractivity contribution in [2.45, 2.75) is 26.2 Å². The van der Waals surface area contributed by atoms with Gasteiger partial charge in [-0.2, -0.15) is 0 Å². The Labute approximate surface area is 171 Å². The molecule has 0 saturated carbocycles. The van der Waals surface area contributed by atoms with E-state index in [0.29, 0.717) is 16.6 Å². The van der Waals surface area contributed by atoms with Crippen LogP contribution in [0.25, 0.3) is 38.2 Å². The van der Waals surface area contributed by atoms with Gasteiger partial charge in [-0.05, 0) is 30.7 Å². The first-order valence-corrected chi connectivity index (χ1v) is 10.1. The maximum atomic E-state index is 13.4. The van der Waals surface area contributed by atoms with E-state index in [1.165, 1.54) is 10.5 Å². The van der Waals surface area contributed by atoms with Crippen molar-refractivity contribution in [3.05, 3.63) is 69.0 Å². The summed E-state index contributed by atoms with van der Waals surface area (Å²) in [6.07, 6.45) is 3.40. The minimum Gasteiger partial charge on any atom is -0.385 e. The lowest BCUT2D eigenvalue weighted by molar-refractivity contribution is -0.383. The van der Waals surface area contributed by atoms with E-state index < -0.39 is 4.92 Å².